The van der Waals surface area contributed by atoms with Gasteiger partial charge in [-0.25, -0.2) is 0 Å². The lowest BCUT2D eigenvalue weighted by atomic mass is 10.2. The molecule has 0 fully saturated rings. The van der Waals surface area contributed by atoms with E-state index in [-0.39, 0.29) is 24.0 Å². The maximum absolute atomic E-state index is 5.33. The minimum absolute atomic E-state index is 0. The number of methoxy groups -OCH3 is 2. The molecule has 0 radical (unpaired) electrons. The molecule has 1 aliphatic heterocycles. The second kappa shape index (κ2) is 9.60. The number of ether oxygens (including phenoxy) is 2. The van der Waals surface area contributed by atoms with Crippen molar-refractivity contribution in [3.8, 4) is 11.5 Å². The predicted octanol–water partition coefficient (Wildman–Crippen LogP) is 2.44. The maximum Gasteiger partial charge on any atom is 0.195 e. The third-order valence-corrected chi connectivity index (χ3v) is 4.22. The van der Waals surface area contributed by atoms with E-state index in [9.17, 15) is 0 Å². The van der Waals surface area contributed by atoms with Crippen molar-refractivity contribution in [1.82, 2.24) is 20.1 Å². The third kappa shape index (κ3) is 4.57. The Morgan fingerprint density at radius 3 is 2.73 bits per heavy atom. The Kier molecular flexibility index (Phi) is 7.49. The van der Waals surface area contributed by atoms with Crippen LogP contribution in [0.5, 0.6) is 11.5 Å². The van der Waals surface area contributed by atoms with Gasteiger partial charge in [-0.1, -0.05) is 0 Å². The van der Waals surface area contributed by atoms with Crippen molar-refractivity contribution in [2.45, 2.75) is 32.4 Å². The largest absolute Gasteiger partial charge is 0.493 e. The van der Waals surface area contributed by atoms with Gasteiger partial charge < -0.3 is 24.7 Å². The Morgan fingerprint density at radius 2 is 2.00 bits per heavy atom. The number of halogens is 1. The minimum atomic E-state index is 0. The summed E-state index contributed by atoms with van der Waals surface area (Å²) < 4.78 is 12.8. The zero-order valence-electron chi connectivity index (χ0n) is 15.3. The van der Waals surface area contributed by atoms with E-state index in [1.165, 1.54) is 12.8 Å². The van der Waals surface area contributed by atoms with E-state index in [1.54, 1.807) is 21.3 Å². The minimum Gasteiger partial charge on any atom is -0.493 e. The summed E-state index contributed by atoms with van der Waals surface area (Å²) in [4.78, 5) is 4.26. The van der Waals surface area contributed by atoms with E-state index in [4.69, 9.17) is 9.47 Å². The number of nitrogens with one attached hydrogen (secondary N) is 2. The van der Waals surface area contributed by atoms with E-state index in [2.05, 4.69) is 30.4 Å². The second-order valence-electron chi connectivity index (χ2n) is 5.76. The summed E-state index contributed by atoms with van der Waals surface area (Å²) in [5, 5.41) is 15.1. The fourth-order valence-electron chi connectivity index (χ4n) is 2.89. The predicted molar refractivity (Wildman–Crippen MR) is 112 cm³/mol. The Labute approximate surface area is 170 Å². The van der Waals surface area contributed by atoms with E-state index >= 15 is 0 Å². The summed E-state index contributed by atoms with van der Waals surface area (Å²) in [6, 6.07) is 5.63. The van der Waals surface area contributed by atoms with Crippen LogP contribution in [0.15, 0.2) is 23.2 Å². The van der Waals surface area contributed by atoms with Gasteiger partial charge in [0.25, 0.3) is 0 Å². The highest BCUT2D eigenvalue weighted by Gasteiger charge is 2.15. The molecule has 142 valence electrons. The van der Waals surface area contributed by atoms with Crippen LogP contribution >= 0.6 is 24.0 Å². The Hall–Kier alpha value is -2.04. The van der Waals surface area contributed by atoms with E-state index < -0.39 is 0 Å². The van der Waals surface area contributed by atoms with Gasteiger partial charge in [0.15, 0.2) is 23.3 Å². The summed E-state index contributed by atoms with van der Waals surface area (Å²) >= 11 is 0. The van der Waals surface area contributed by atoms with Gasteiger partial charge >= 0.3 is 0 Å². The summed E-state index contributed by atoms with van der Waals surface area (Å²) in [5.41, 5.74) is 0.856. The topological polar surface area (TPSA) is 85.6 Å². The molecule has 0 aliphatic carbocycles. The maximum atomic E-state index is 5.33. The molecule has 0 saturated heterocycles. The lowest BCUT2D eigenvalue weighted by Gasteiger charge is -2.16. The molecule has 1 aromatic carbocycles. The van der Waals surface area contributed by atoms with Crippen LogP contribution in [-0.2, 0) is 19.5 Å². The fraction of sp³-hybridized carbons (Fsp3) is 0.471. The molecule has 2 aromatic rings. The van der Waals surface area contributed by atoms with Gasteiger partial charge in [-0.3, -0.25) is 4.99 Å². The average molecular weight is 472 g/mol. The van der Waals surface area contributed by atoms with Crippen molar-refractivity contribution in [2.24, 2.45) is 4.99 Å². The second-order valence-corrected chi connectivity index (χ2v) is 5.76. The number of guanidine groups is 1. The summed E-state index contributed by atoms with van der Waals surface area (Å²) in [7, 11) is 4.96. The Balaban J connectivity index is 0.00000243. The number of aliphatic imine (C=N–C) groups is 1. The molecular weight excluding hydrogens is 447 g/mol. The van der Waals surface area contributed by atoms with Gasteiger partial charge in [-0.2, -0.15) is 0 Å². The van der Waals surface area contributed by atoms with Crippen LogP contribution < -0.4 is 20.1 Å². The molecule has 2 heterocycles. The highest BCUT2D eigenvalue weighted by Crippen LogP contribution is 2.29. The monoisotopic (exact) mass is 472 g/mol. The van der Waals surface area contributed by atoms with Gasteiger partial charge in [0.1, 0.15) is 5.82 Å². The van der Waals surface area contributed by atoms with Crippen LogP contribution in [0.4, 0.5) is 5.69 Å². The molecule has 0 unspecified atom stereocenters. The van der Waals surface area contributed by atoms with Crippen molar-refractivity contribution in [1.29, 1.82) is 0 Å². The van der Waals surface area contributed by atoms with Gasteiger partial charge in [0, 0.05) is 31.8 Å². The molecule has 8 nitrogen and oxygen atoms in total. The highest BCUT2D eigenvalue weighted by atomic mass is 127. The van der Waals surface area contributed by atoms with Crippen molar-refractivity contribution >= 4 is 35.6 Å². The summed E-state index contributed by atoms with van der Waals surface area (Å²) in [6.45, 7) is 1.56. The normalized spacial score (nSPS) is 13.4. The van der Waals surface area contributed by atoms with Gasteiger partial charge in [-0.15, -0.1) is 34.2 Å². The SMILES string of the molecule is CN=C(NCc1nnc2n1CCCC2)Nc1ccc(OC)c(OC)c1.I. The zero-order chi connectivity index (χ0) is 17.6. The number of rotatable bonds is 5. The van der Waals surface area contributed by atoms with E-state index in [0.29, 0.717) is 24.0 Å². The molecule has 3 rings (SSSR count). The summed E-state index contributed by atoms with van der Waals surface area (Å²) in [5.74, 6) is 4.01. The number of hydrogen-bond donors (Lipinski definition) is 2. The Bertz CT molecular complexity index is 762. The number of aromatic nitrogens is 3. The van der Waals surface area contributed by atoms with Crippen molar-refractivity contribution in [3.63, 3.8) is 0 Å². The molecule has 0 atom stereocenters. The lowest BCUT2D eigenvalue weighted by Crippen LogP contribution is -2.31. The molecule has 9 heteroatoms. The molecule has 1 aliphatic rings. The lowest BCUT2D eigenvalue weighted by molar-refractivity contribution is 0.355. The number of fused-ring (bicyclic) bond motifs is 1. The number of anilines is 1. The first-order valence-electron chi connectivity index (χ1n) is 8.35. The van der Waals surface area contributed by atoms with Crippen molar-refractivity contribution < 1.29 is 9.47 Å². The van der Waals surface area contributed by atoms with Crippen LogP contribution in [0.25, 0.3) is 0 Å². The number of nitrogens with zero attached hydrogens (tertiary/aromatic N) is 4. The van der Waals surface area contributed by atoms with Crippen LogP contribution in [0.1, 0.15) is 24.5 Å². The van der Waals surface area contributed by atoms with Crippen LogP contribution in [0.3, 0.4) is 0 Å². The first kappa shape index (κ1) is 20.3. The van der Waals surface area contributed by atoms with Crippen molar-refractivity contribution in [2.75, 3.05) is 26.6 Å². The Morgan fingerprint density at radius 1 is 1.19 bits per heavy atom. The quantitative estimate of drug-likeness (QED) is 0.395. The highest BCUT2D eigenvalue weighted by molar-refractivity contribution is 14.0. The first-order valence-corrected chi connectivity index (χ1v) is 8.35. The molecule has 0 saturated carbocycles. The molecule has 1 aromatic heterocycles. The zero-order valence-corrected chi connectivity index (χ0v) is 17.6. The average Bonchev–Trinajstić information content (AvgIpc) is 3.08. The van der Waals surface area contributed by atoms with Gasteiger partial charge in [-0.05, 0) is 25.0 Å². The van der Waals surface area contributed by atoms with Gasteiger partial charge in [0.2, 0.25) is 0 Å². The van der Waals surface area contributed by atoms with E-state index in [0.717, 1.165) is 30.3 Å². The van der Waals surface area contributed by atoms with Gasteiger partial charge in [0.05, 0.1) is 20.8 Å². The molecule has 2 N–H and O–H groups in total. The molecular formula is C17H25IN6O2. The standard InChI is InChI=1S/C17H24N6O2.HI/c1-18-17(20-12-7-8-13(24-2)14(10-12)25-3)19-11-16-22-21-15-6-4-5-9-23(15)16;/h7-8,10H,4-6,9,11H2,1-3H3,(H2,18,19,20);1H. The van der Waals surface area contributed by atoms with E-state index in [1.807, 2.05) is 18.2 Å². The van der Waals surface area contributed by atoms with Crippen LogP contribution in [-0.4, -0.2) is 42.0 Å². The number of hydrogen-bond acceptors (Lipinski definition) is 5. The molecule has 0 bridgehead atoms. The molecule has 26 heavy (non-hydrogen) atoms. The molecule has 0 amide bonds. The third-order valence-electron chi connectivity index (χ3n) is 4.22. The van der Waals surface area contributed by atoms with Crippen LogP contribution in [0, 0.1) is 0 Å². The van der Waals surface area contributed by atoms with Crippen molar-refractivity contribution in [3.05, 3.63) is 29.8 Å². The first-order chi connectivity index (χ1) is 12.2. The van der Waals surface area contributed by atoms with Crippen LogP contribution in [0.2, 0.25) is 0 Å². The smallest absolute Gasteiger partial charge is 0.195 e. The summed E-state index contributed by atoms with van der Waals surface area (Å²) in [6.07, 6.45) is 3.37. The number of aryl methyl sites for hydroxylation is 1. The fourth-order valence-corrected chi connectivity index (χ4v) is 2.89. The molecule has 0 spiro atoms. The number of benzene rings is 1.